The molecule has 2 heterocycles. The Bertz CT molecular complexity index is 1060. The summed E-state index contributed by atoms with van der Waals surface area (Å²) in [5.41, 5.74) is 1.85. The first kappa shape index (κ1) is 17.6. The number of hydrogen-bond acceptors (Lipinski definition) is 4. The predicted molar refractivity (Wildman–Crippen MR) is 103 cm³/mol. The highest BCUT2D eigenvalue weighted by molar-refractivity contribution is 5.84. The topological polar surface area (TPSA) is 77.6 Å². The first-order valence-electron chi connectivity index (χ1n) is 9.43. The van der Waals surface area contributed by atoms with Crippen LogP contribution in [0.1, 0.15) is 37.7 Å². The number of pyridine rings is 1. The van der Waals surface area contributed by atoms with Gasteiger partial charge < -0.3 is 10.1 Å². The molecule has 1 aliphatic carbocycles. The Morgan fingerprint density at radius 2 is 2.04 bits per heavy atom. The third kappa shape index (κ3) is 3.29. The molecule has 0 aliphatic heterocycles. The van der Waals surface area contributed by atoms with Gasteiger partial charge in [0, 0.05) is 12.1 Å². The SMILES string of the molecule is COc1ccc2cc(C)c3nn(CC(=O)NC4CCCCC4)c(=O)n3c2c1. The zero-order valence-electron chi connectivity index (χ0n) is 15.7. The van der Waals surface area contributed by atoms with Gasteiger partial charge in [-0.2, -0.15) is 0 Å². The van der Waals surface area contributed by atoms with Crippen molar-refractivity contribution in [2.75, 3.05) is 7.11 Å². The van der Waals surface area contributed by atoms with E-state index in [1.54, 1.807) is 11.5 Å². The minimum atomic E-state index is -0.314. The zero-order chi connectivity index (χ0) is 19.0. The summed E-state index contributed by atoms with van der Waals surface area (Å²) in [6.45, 7) is 1.85. The van der Waals surface area contributed by atoms with Gasteiger partial charge in [-0.05, 0) is 48.9 Å². The highest BCUT2D eigenvalue weighted by Crippen LogP contribution is 2.23. The van der Waals surface area contributed by atoms with Gasteiger partial charge in [-0.3, -0.25) is 4.79 Å². The average Bonchev–Trinajstić information content (AvgIpc) is 2.99. The van der Waals surface area contributed by atoms with Crippen LogP contribution in [0.15, 0.2) is 29.1 Å². The zero-order valence-corrected chi connectivity index (χ0v) is 15.7. The van der Waals surface area contributed by atoms with Gasteiger partial charge in [0.15, 0.2) is 5.65 Å². The van der Waals surface area contributed by atoms with E-state index < -0.39 is 0 Å². The number of methoxy groups -OCH3 is 1. The van der Waals surface area contributed by atoms with Gasteiger partial charge >= 0.3 is 5.69 Å². The van der Waals surface area contributed by atoms with Crippen LogP contribution in [-0.4, -0.2) is 33.2 Å². The Labute approximate surface area is 156 Å². The van der Waals surface area contributed by atoms with Crippen LogP contribution in [0.25, 0.3) is 16.6 Å². The van der Waals surface area contributed by atoms with Crippen LogP contribution in [-0.2, 0) is 11.3 Å². The summed E-state index contributed by atoms with van der Waals surface area (Å²) < 4.78 is 8.10. The number of amides is 1. The summed E-state index contributed by atoms with van der Waals surface area (Å²) in [6, 6.07) is 7.80. The van der Waals surface area contributed by atoms with E-state index in [4.69, 9.17) is 4.74 Å². The number of nitrogens with zero attached hydrogens (tertiary/aromatic N) is 3. The monoisotopic (exact) mass is 368 g/mol. The highest BCUT2D eigenvalue weighted by Gasteiger charge is 2.19. The van der Waals surface area contributed by atoms with Crippen LogP contribution < -0.4 is 15.7 Å². The number of ether oxygens (including phenoxy) is 1. The number of aromatic nitrogens is 3. The number of carbonyl (C=O) groups excluding carboxylic acids is 1. The molecule has 7 heteroatoms. The van der Waals surface area contributed by atoms with Crippen LogP contribution in [0.2, 0.25) is 0 Å². The van der Waals surface area contributed by atoms with E-state index in [0.717, 1.165) is 42.1 Å². The van der Waals surface area contributed by atoms with E-state index in [1.165, 1.54) is 11.1 Å². The molecule has 7 nitrogen and oxygen atoms in total. The Morgan fingerprint density at radius 1 is 1.26 bits per heavy atom. The molecule has 1 N–H and O–H groups in total. The average molecular weight is 368 g/mol. The molecular weight excluding hydrogens is 344 g/mol. The molecule has 0 atom stereocenters. The van der Waals surface area contributed by atoms with Crippen molar-refractivity contribution in [1.29, 1.82) is 0 Å². The van der Waals surface area contributed by atoms with Gasteiger partial charge in [-0.25, -0.2) is 13.9 Å². The number of aryl methyl sites for hydroxylation is 1. The maximum absolute atomic E-state index is 13.0. The van der Waals surface area contributed by atoms with E-state index in [9.17, 15) is 9.59 Å². The fourth-order valence-electron chi connectivity index (χ4n) is 3.90. The molecule has 27 heavy (non-hydrogen) atoms. The Hall–Kier alpha value is -2.83. The molecule has 0 bridgehead atoms. The molecule has 2 aromatic heterocycles. The number of rotatable bonds is 4. The van der Waals surface area contributed by atoms with Crippen molar-refractivity contribution in [3.05, 3.63) is 40.3 Å². The van der Waals surface area contributed by atoms with E-state index in [1.807, 2.05) is 31.2 Å². The molecule has 1 aromatic carbocycles. The lowest BCUT2D eigenvalue weighted by molar-refractivity contribution is -0.122. The standard InChI is InChI=1S/C20H24N4O3/c1-13-10-14-8-9-16(27-2)11-17(14)24-19(13)22-23(20(24)26)12-18(25)21-15-6-4-3-5-7-15/h8-11,15H,3-7,12H2,1-2H3,(H,21,25). The van der Waals surface area contributed by atoms with Crippen molar-refractivity contribution in [2.24, 2.45) is 0 Å². The molecule has 1 aliphatic rings. The smallest absolute Gasteiger partial charge is 0.351 e. The Balaban J connectivity index is 1.70. The van der Waals surface area contributed by atoms with Crippen LogP contribution in [0.5, 0.6) is 5.75 Å². The molecule has 0 saturated heterocycles. The summed E-state index contributed by atoms with van der Waals surface area (Å²) in [6.07, 6.45) is 5.54. The van der Waals surface area contributed by atoms with Gasteiger partial charge in [-0.15, -0.1) is 5.10 Å². The van der Waals surface area contributed by atoms with Crippen LogP contribution in [0, 0.1) is 6.92 Å². The van der Waals surface area contributed by atoms with Gasteiger partial charge in [0.05, 0.1) is 12.6 Å². The summed E-state index contributed by atoms with van der Waals surface area (Å²) in [4.78, 5) is 25.4. The molecule has 0 radical (unpaired) electrons. The third-order valence-corrected chi connectivity index (χ3v) is 5.31. The normalized spacial score (nSPS) is 15.3. The number of nitrogens with one attached hydrogen (secondary N) is 1. The molecule has 4 rings (SSSR count). The molecule has 1 amide bonds. The molecule has 0 unspecified atom stereocenters. The molecule has 3 aromatic rings. The molecule has 142 valence electrons. The van der Waals surface area contributed by atoms with E-state index in [0.29, 0.717) is 11.4 Å². The second-order valence-corrected chi connectivity index (χ2v) is 7.25. The van der Waals surface area contributed by atoms with E-state index >= 15 is 0 Å². The fraction of sp³-hybridized carbons (Fsp3) is 0.450. The minimum absolute atomic E-state index is 0.0675. The van der Waals surface area contributed by atoms with Crippen LogP contribution in [0.3, 0.4) is 0 Å². The molecule has 1 saturated carbocycles. The number of hydrogen-bond donors (Lipinski definition) is 1. The fourth-order valence-corrected chi connectivity index (χ4v) is 3.90. The lowest BCUT2D eigenvalue weighted by Gasteiger charge is -2.22. The van der Waals surface area contributed by atoms with Crippen molar-refractivity contribution < 1.29 is 9.53 Å². The van der Waals surface area contributed by atoms with Gasteiger partial charge in [-0.1, -0.05) is 19.3 Å². The second kappa shape index (κ2) is 7.06. The van der Waals surface area contributed by atoms with Crippen LogP contribution in [0.4, 0.5) is 0 Å². The lowest BCUT2D eigenvalue weighted by Crippen LogP contribution is -2.40. The van der Waals surface area contributed by atoms with Gasteiger partial charge in [0.1, 0.15) is 12.3 Å². The quantitative estimate of drug-likeness (QED) is 0.767. The van der Waals surface area contributed by atoms with E-state index in [2.05, 4.69) is 10.4 Å². The molecule has 1 fully saturated rings. The molecule has 0 spiro atoms. The predicted octanol–water partition coefficient (Wildman–Crippen LogP) is 2.42. The minimum Gasteiger partial charge on any atom is -0.497 e. The second-order valence-electron chi connectivity index (χ2n) is 7.25. The van der Waals surface area contributed by atoms with Crippen molar-refractivity contribution in [3.63, 3.8) is 0 Å². The van der Waals surface area contributed by atoms with Gasteiger partial charge in [0.2, 0.25) is 5.91 Å². The Kier molecular flexibility index (Phi) is 4.59. The maximum Gasteiger partial charge on any atom is 0.351 e. The first-order chi connectivity index (χ1) is 13.1. The number of benzene rings is 1. The summed E-state index contributed by atoms with van der Waals surface area (Å²) in [5.74, 6) is 0.509. The van der Waals surface area contributed by atoms with Crippen molar-refractivity contribution in [3.8, 4) is 5.75 Å². The first-order valence-corrected chi connectivity index (χ1v) is 9.43. The van der Waals surface area contributed by atoms with E-state index in [-0.39, 0.29) is 24.2 Å². The molecular formula is C20H24N4O3. The maximum atomic E-state index is 13.0. The number of carbonyl (C=O) groups is 1. The Morgan fingerprint density at radius 3 is 2.78 bits per heavy atom. The summed E-state index contributed by atoms with van der Waals surface area (Å²) in [7, 11) is 1.59. The largest absolute Gasteiger partial charge is 0.497 e. The van der Waals surface area contributed by atoms with Crippen molar-refractivity contribution >= 4 is 22.5 Å². The third-order valence-electron chi connectivity index (χ3n) is 5.31. The van der Waals surface area contributed by atoms with Crippen molar-refractivity contribution in [2.45, 2.75) is 51.6 Å². The summed E-state index contributed by atoms with van der Waals surface area (Å²) >= 11 is 0. The number of fused-ring (bicyclic) bond motifs is 3. The van der Waals surface area contributed by atoms with Gasteiger partial charge in [0.25, 0.3) is 0 Å². The van der Waals surface area contributed by atoms with Crippen LogP contribution >= 0.6 is 0 Å². The lowest BCUT2D eigenvalue weighted by atomic mass is 9.95. The highest BCUT2D eigenvalue weighted by atomic mass is 16.5. The van der Waals surface area contributed by atoms with Crippen molar-refractivity contribution in [1.82, 2.24) is 19.5 Å². The summed E-state index contributed by atoms with van der Waals surface area (Å²) in [5, 5.41) is 8.38.